The van der Waals surface area contributed by atoms with Crippen molar-refractivity contribution in [2.75, 3.05) is 13.1 Å². The first-order valence-electron chi connectivity index (χ1n) is 8.88. The molecule has 0 N–H and O–H groups in total. The summed E-state index contributed by atoms with van der Waals surface area (Å²) < 4.78 is 3.45. The fourth-order valence-electron chi connectivity index (χ4n) is 3.47. The first-order chi connectivity index (χ1) is 13.2. The van der Waals surface area contributed by atoms with Gasteiger partial charge in [0.2, 0.25) is 5.91 Å². The maximum atomic E-state index is 12.7. The monoisotopic (exact) mass is 384 g/mol. The molecule has 3 aromatic rings. The minimum Gasteiger partial charge on any atom is -0.340 e. The van der Waals surface area contributed by atoms with Crippen LogP contribution < -0.4 is 5.69 Å². The number of likely N-dealkylation sites (tertiary alicyclic amines) is 1. The van der Waals surface area contributed by atoms with E-state index in [9.17, 15) is 9.59 Å². The molecule has 4 rings (SSSR count). The van der Waals surface area contributed by atoms with Gasteiger partial charge in [-0.2, -0.15) is 0 Å². The number of rotatable bonds is 5. The average molecular weight is 384 g/mol. The standard InChI is InChI=1S/C18H20N6O2S/c25-16(11-24-7-2-4-20-18(24)26)22-6-1-3-14(9-22)17-19-5-8-23(17)10-15-12-27-13-21-15/h2,4-5,7-8,12-14H,1,3,6,9-11H2/t14-/m0/s1. The summed E-state index contributed by atoms with van der Waals surface area (Å²) in [6, 6.07) is 1.66. The molecular formula is C18H20N6O2S. The molecule has 1 atom stereocenters. The third kappa shape index (κ3) is 3.97. The van der Waals surface area contributed by atoms with E-state index in [4.69, 9.17) is 0 Å². The number of piperidine rings is 1. The zero-order valence-corrected chi connectivity index (χ0v) is 15.6. The van der Waals surface area contributed by atoms with Crippen LogP contribution in [0.5, 0.6) is 0 Å². The van der Waals surface area contributed by atoms with Crippen LogP contribution in [0.1, 0.15) is 30.3 Å². The van der Waals surface area contributed by atoms with Gasteiger partial charge in [-0.1, -0.05) is 0 Å². The van der Waals surface area contributed by atoms with E-state index < -0.39 is 5.69 Å². The van der Waals surface area contributed by atoms with Gasteiger partial charge in [-0.25, -0.2) is 19.7 Å². The Hall–Kier alpha value is -2.81. The van der Waals surface area contributed by atoms with Gasteiger partial charge in [0, 0.05) is 49.2 Å². The maximum Gasteiger partial charge on any atom is 0.347 e. The van der Waals surface area contributed by atoms with Crippen LogP contribution >= 0.6 is 11.3 Å². The fourth-order valence-corrected chi connectivity index (χ4v) is 4.02. The van der Waals surface area contributed by atoms with E-state index >= 15 is 0 Å². The van der Waals surface area contributed by atoms with E-state index in [1.807, 2.05) is 22.0 Å². The molecule has 0 saturated carbocycles. The minimum absolute atomic E-state index is 0.0205. The quantitative estimate of drug-likeness (QED) is 0.663. The van der Waals surface area contributed by atoms with Crippen LogP contribution in [0, 0.1) is 0 Å². The molecule has 140 valence electrons. The number of hydrogen-bond donors (Lipinski definition) is 0. The highest BCUT2D eigenvalue weighted by Gasteiger charge is 2.27. The number of amides is 1. The van der Waals surface area contributed by atoms with Gasteiger partial charge in [0.25, 0.3) is 0 Å². The summed E-state index contributed by atoms with van der Waals surface area (Å²) in [6.45, 7) is 2.03. The van der Waals surface area contributed by atoms with Crippen LogP contribution in [0.3, 0.4) is 0 Å². The van der Waals surface area contributed by atoms with E-state index in [1.54, 1.807) is 29.8 Å². The van der Waals surface area contributed by atoms with Crippen molar-refractivity contribution in [1.29, 1.82) is 0 Å². The normalized spacial score (nSPS) is 17.2. The highest BCUT2D eigenvalue weighted by molar-refractivity contribution is 7.07. The Morgan fingerprint density at radius 2 is 2.11 bits per heavy atom. The molecule has 1 fully saturated rings. The molecule has 0 unspecified atom stereocenters. The van der Waals surface area contributed by atoms with E-state index in [2.05, 4.69) is 19.5 Å². The largest absolute Gasteiger partial charge is 0.347 e. The first-order valence-corrected chi connectivity index (χ1v) is 9.82. The lowest BCUT2D eigenvalue weighted by atomic mass is 9.97. The van der Waals surface area contributed by atoms with E-state index in [0.717, 1.165) is 24.4 Å². The molecule has 0 spiro atoms. The Morgan fingerprint density at radius 1 is 1.19 bits per heavy atom. The number of imidazole rings is 1. The van der Waals surface area contributed by atoms with Crippen molar-refractivity contribution in [2.45, 2.75) is 31.8 Å². The van der Waals surface area contributed by atoms with Crippen molar-refractivity contribution in [2.24, 2.45) is 0 Å². The Kier molecular flexibility index (Phi) is 5.10. The summed E-state index contributed by atoms with van der Waals surface area (Å²) in [4.78, 5) is 38.8. The molecule has 0 bridgehead atoms. The van der Waals surface area contributed by atoms with Crippen LogP contribution in [0.4, 0.5) is 0 Å². The average Bonchev–Trinajstić information content (AvgIpc) is 3.36. The van der Waals surface area contributed by atoms with E-state index in [1.165, 1.54) is 10.8 Å². The predicted molar refractivity (Wildman–Crippen MR) is 100 cm³/mol. The lowest BCUT2D eigenvalue weighted by Gasteiger charge is -2.32. The molecule has 1 saturated heterocycles. The number of aromatic nitrogens is 5. The number of hydrogen-bond acceptors (Lipinski definition) is 6. The molecule has 4 heterocycles. The maximum absolute atomic E-state index is 12.7. The summed E-state index contributed by atoms with van der Waals surface area (Å²) in [6.07, 6.45) is 8.70. The lowest BCUT2D eigenvalue weighted by Crippen LogP contribution is -2.42. The van der Waals surface area contributed by atoms with Crippen LogP contribution in [0.25, 0.3) is 0 Å². The highest BCUT2D eigenvalue weighted by Crippen LogP contribution is 2.26. The minimum atomic E-state index is -0.404. The van der Waals surface area contributed by atoms with Crippen LogP contribution in [0.2, 0.25) is 0 Å². The molecule has 8 nitrogen and oxygen atoms in total. The second-order valence-corrected chi connectivity index (χ2v) is 7.32. The fraction of sp³-hybridized carbons (Fsp3) is 0.389. The van der Waals surface area contributed by atoms with Crippen LogP contribution in [0.15, 0.2) is 46.5 Å². The third-order valence-electron chi connectivity index (χ3n) is 4.79. The summed E-state index contributed by atoms with van der Waals surface area (Å²) in [5, 5.41) is 2.03. The van der Waals surface area contributed by atoms with Gasteiger partial charge < -0.3 is 9.47 Å². The van der Waals surface area contributed by atoms with E-state index in [-0.39, 0.29) is 18.4 Å². The number of nitrogens with zero attached hydrogens (tertiary/aromatic N) is 6. The van der Waals surface area contributed by atoms with Crippen molar-refractivity contribution >= 4 is 17.2 Å². The molecule has 27 heavy (non-hydrogen) atoms. The van der Waals surface area contributed by atoms with Crippen molar-refractivity contribution < 1.29 is 4.79 Å². The van der Waals surface area contributed by atoms with Gasteiger partial charge in [-0.3, -0.25) is 9.36 Å². The highest BCUT2D eigenvalue weighted by atomic mass is 32.1. The Balaban J connectivity index is 1.46. The zero-order valence-electron chi connectivity index (χ0n) is 14.8. The first kappa shape index (κ1) is 17.6. The Bertz CT molecular complexity index is 964. The van der Waals surface area contributed by atoms with Crippen LogP contribution in [-0.2, 0) is 17.9 Å². The predicted octanol–water partition coefficient (Wildman–Crippen LogP) is 1.35. The van der Waals surface area contributed by atoms with Gasteiger partial charge in [0.15, 0.2) is 0 Å². The van der Waals surface area contributed by atoms with Crippen molar-refractivity contribution in [1.82, 2.24) is 29.0 Å². The molecule has 1 aliphatic rings. The SMILES string of the molecule is O=C(Cn1cccnc1=O)N1CCC[C@H](c2nccn2Cc2cscn2)C1. The molecular weight excluding hydrogens is 364 g/mol. The van der Waals surface area contributed by atoms with Gasteiger partial charge in [0.05, 0.1) is 17.7 Å². The Labute approximate surface area is 160 Å². The van der Waals surface area contributed by atoms with Gasteiger partial charge in [0.1, 0.15) is 12.4 Å². The number of carbonyl (C=O) groups is 1. The summed E-state index contributed by atoms with van der Waals surface area (Å²) in [5.74, 6) is 1.11. The number of thiazole rings is 1. The molecule has 3 aromatic heterocycles. The molecule has 0 aromatic carbocycles. The third-order valence-corrected chi connectivity index (χ3v) is 5.43. The molecule has 9 heteroatoms. The Morgan fingerprint density at radius 3 is 2.93 bits per heavy atom. The summed E-state index contributed by atoms with van der Waals surface area (Å²) in [7, 11) is 0. The summed E-state index contributed by atoms with van der Waals surface area (Å²) >= 11 is 1.58. The zero-order chi connectivity index (χ0) is 18.6. The molecule has 0 aliphatic carbocycles. The molecule has 1 aliphatic heterocycles. The molecule has 1 amide bonds. The van der Waals surface area contributed by atoms with Crippen molar-refractivity contribution in [3.05, 3.63) is 63.7 Å². The van der Waals surface area contributed by atoms with Crippen LogP contribution in [-0.4, -0.2) is 48.0 Å². The van der Waals surface area contributed by atoms with Gasteiger partial charge >= 0.3 is 5.69 Å². The lowest BCUT2D eigenvalue weighted by molar-refractivity contribution is -0.133. The second kappa shape index (κ2) is 7.83. The van der Waals surface area contributed by atoms with Gasteiger partial charge in [-0.15, -0.1) is 11.3 Å². The van der Waals surface area contributed by atoms with E-state index in [0.29, 0.717) is 19.6 Å². The smallest absolute Gasteiger partial charge is 0.340 e. The summed E-state index contributed by atoms with van der Waals surface area (Å²) in [5.41, 5.74) is 2.44. The molecule has 0 radical (unpaired) electrons. The van der Waals surface area contributed by atoms with Gasteiger partial charge in [-0.05, 0) is 18.9 Å². The topological polar surface area (TPSA) is 85.9 Å². The van der Waals surface area contributed by atoms with Crippen molar-refractivity contribution in [3.8, 4) is 0 Å². The van der Waals surface area contributed by atoms with Crippen molar-refractivity contribution in [3.63, 3.8) is 0 Å². The number of carbonyl (C=O) groups excluding carboxylic acids is 1. The second-order valence-electron chi connectivity index (χ2n) is 6.60.